The smallest absolute Gasteiger partial charge is 0.259 e. The van der Waals surface area contributed by atoms with Crippen LogP contribution >= 0.6 is 11.3 Å². The van der Waals surface area contributed by atoms with Gasteiger partial charge < -0.3 is 9.42 Å². The molecule has 1 aliphatic rings. The van der Waals surface area contributed by atoms with Gasteiger partial charge in [-0.25, -0.2) is 0 Å². The lowest BCUT2D eigenvalue weighted by atomic mass is 9.89. The summed E-state index contributed by atoms with van der Waals surface area (Å²) in [5.41, 5.74) is 3.17. The van der Waals surface area contributed by atoms with Crippen LogP contribution in [0.4, 0.5) is 5.13 Å². The monoisotopic (exact) mass is 482 g/mol. The van der Waals surface area contributed by atoms with Crippen molar-refractivity contribution in [2.75, 3.05) is 18.4 Å². The summed E-state index contributed by atoms with van der Waals surface area (Å²) in [5, 5.41) is 16.5. The first kappa shape index (κ1) is 24.0. The van der Waals surface area contributed by atoms with Crippen LogP contribution in [0, 0.1) is 20.8 Å². The van der Waals surface area contributed by atoms with Gasteiger partial charge in [-0.05, 0) is 45.7 Å². The molecule has 1 N–H and O–H groups in total. The van der Waals surface area contributed by atoms with E-state index in [4.69, 9.17) is 9.51 Å². The lowest BCUT2D eigenvalue weighted by Crippen LogP contribution is -2.38. The first-order chi connectivity index (χ1) is 16.0. The van der Waals surface area contributed by atoms with Gasteiger partial charge in [0.25, 0.3) is 11.8 Å². The molecule has 0 aromatic carbocycles. The predicted octanol–water partition coefficient (Wildman–Crippen LogP) is 4.42. The van der Waals surface area contributed by atoms with Crippen LogP contribution in [0.3, 0.4) is 0 Å². The van der Waals surface area contributed by atoms with Crippen LogP contribution in [0.15, 0.2) is 16.7 Å². The maximum absolute atomic E-state index is 13.2. The second-order valence-electron chi connectivity index (χ2n) is 9.77. The topological polar surface area (TPSA) is 114 Å². The number of rotatable bonds is 4. The first-order valence-corrected chi connectivity index (χ1v) is 12.2. The average Bonchev–Trinajstić information content (AvgIpc) is 3.39. The number of hydrogen-bond acceptors (Lipinski definition) is 8. The maximum Gasteiger partial charge on any atom is 0.259 e. The highest BCUT2D eigenvalue weighted by atomic mass is 32.1. The van der Waals surface area contributed by atoms with Crippen molar-refractivity contribution >= 4 is 28.3 Å². The molecule has 0 aliphatic carbocycles. The summed E-state index contributed by atoms with van der Waals surface area (Å²) in [6, 6.07) is 3.66. The van der Waals surface area contributed by atoms with E-state index in [1.165, 1.54) is 11.3 Å². The van der Waals surface area contributed by atoms with E-state index in [0.29, 0.717) is 40.8 Å². The third-order valence-electron chi connectivity index (χ3n) is 6.01. The second kappa shape index (κ2) is 9.25. The number of likely N-dealkylation sites (tertiary alicyclic amines) is 1. The predicted molar refractivity (Wildman–Crippen MR) is 129 cm³/mol. The van der Waals surface area contributed by atoms with Crippen LogP contribution in [-0.4, -0.2) is 50.1 Å². The molecule has 180 valence electrons. The van der Waals surface area contributed by atoms with E-state index < -0.39 is 0 Å². The number of nitrogens with zero attached hydrogens (tertiary/aromatic N) is 5. The van der Waals surface area contributed by atoms with Crippen LogP contribution < -0.4 is 5.32 Å². The molecule has 3 aromatic rings. The zero-order chi connectivity index (χ0) is 24.6. The normalized spacial score (nSPS) is 14.9. The molecule has 4 heterocycles. The third kappa shape index (κ3) is 4.86. The SMILES string of the molecule is Cc1ccc(C(=O)Nc2nnc(C(C)(C)C)s2)c(C2CCN(C(=O)c3c(C)noc3C)CC2)n1. The lowest BCUT2D eigenvalue weighted by molar-refractivity contribution is 0.0708. The van der Waals surface area contributed by atoms with Crippen molar-refractivity contribution in [3.05, 3.63) is 51.1 Å². The minimum absolute atomic E-state index is 0.0595. The van der Waals surface area contributed by atoms with Crippen molar-refractivity contribution < 1.29 is 14.1 Å². The fourth-order valence-corrected chi connectivity index (χ4v) is 4.92. The molecule has 0 radical (unpaired) electrons. The van der Waals surface area contributed by atoms with E-state index >= 15 is 0 Å². The van der Waals surface area contributed by atoms with Gasteiger partial charge in [-0.1, -0.05) is 37.3 Å². The zero-order valence-electron chi connectivity index (χ0n) is 20.4. The number of amides is 2. The van der Waals surface area contributed by atoms with Gasteiger partial charge in [0.05, 0.1) is 17.0 Å². The van der Waals surface area contributed by atoms with Gasteiger partial charge in [0.1, 0.15) is 16.3 Å². The first-order valence-electron chi connectivity index (χ1n) is 11.4. The number of hydrogen-bond donors (Lipinski definition) is 1. The fourth-order valence-electron chi connectivity index (χ4n) is 4.12. The molecular formula is C24H30N6O3S. The molecular weight excluding hydrogens is 452 g/mol. The van der Waals surface area contributed by atoms with Crippen molar-refractivity contribution in [3.8, 4) is 0 Å². The summed E-state index contributed by atoms with van der Waals surface area (Å²) >= 11 is 1.38. The number of aromatic nitrogens is 4. The Morgan fingerprint density at radius 2 is 1.82 bits per heavy atom. The van der Waals surface area contributed by atoms with E-state index in [1.54, 1.807) is 13.8 Å². The summed E-state index contributed by atoms with van der Waals surface area (Å²) in [5.74, 6) is 0.313. The number of carbonyl (C=O) groups excluding carboxylic acids is 2. The van der Waals surface area contributed by atoms with Gasteiger partial charge in [-0.3, -0.25) is 19.9 Å². The van der Waals surface area contributed by atoms with Crippen LogP contribution in [0.5, 0.6) is 0 Å². The molecule has 1 aliphatic heterocycles. The number of aryl methyl sites for hydroxylation is 3. The largest absolute Gasteiger partial charge is 0.361 e. The third-order valence-corrected chi connectivity index (χ3v) is 7.28. The zero-order valence-corrected chi connectivity index (χ0v) is 21.2. The molecule has 4 rings (SSSR count). The highest BCUT2D eigenvalue weighted by Gasteiger charge is 2.31. The van der Waals surface area contributed by atoms with Gasteiger partial charge in [0.2, 0.25) is 5.13 Å². The number of nitrogens with one attached hydrogen (secondary N) is 1. The molecule has 0 atom stereocenters. The van der Waals surface area contributed by atoms with Crippen molar-refractivity contribution in [3.63, 3.8) is 0 Å². The Labute approximate surface area is 203 Å². The van der Waals surface area contributed by atoms with Crippen LogP contribution in [0.1, 0.15) is 88.1 Å². The van der Waals surface area contributed by atoms with Gasteiger partial charge in [0, 0.05) is 30.1 Å². The quantitative estimate of drug-likeness (QED) is 0.585. The summed E-state index contributed by atoms with van der Waals surface area (Å²) in [6.45, 7) is 12.8. The molecule has 3 aromatic heterocycles. The van der Waals surface area contributed by atoms with E-state index in [9.17, 15) is 9.59 Å². The standard InChI is InChI=1S/C24H30N6O3S/c1-13-7-8-17(20(31)26-23-28-27-22(34-23)24(4,5)6)19(25-13)16-9-11-30(12-10-16)21(32)18-14(2)29-33-15(18)3/h7-8,16H,9-12H2,1-6H3,(H,26,28,31). The molecule has 34 heavy (non-hydrogen) atoms. The van der Waals surface area contributed by atoms with E-state index in [2.05, 4.69) is 41.4 Å². The number of pyridine rings is 1. The Morgan fingerprint density at radius 3 is 2.41 bits per heavy atom. The summed E-state index contributed by atoms with van der Waals surface area (Å²) in [6.07, 6.45) is 1.44. The molecule has 0 bridgehead atoms. The number of carbonyl (C=O) groups is 2. The molecule has 1 saturated heterocycles. The minimum Gasteiger partial charge on any atom is -0.361 e. The minimum atomic E-state index is -0.242. The average molecular weight is 483 g/mol. The van der Waals surface area contributed by atoms with Gasteiger partial charge in [-0.2, -0.15) is 0 Å². The molecule has 9 nitrogen and oxygen atoms in total. The van der Waals surface area contributed by atoms with E-state index in [0.717, 1.165) is 29.2 Å². The second-order valence-corrected chi connectivity index (χ2v) is 10.7. The van der Waals surface area contributed by atoms with Crippen molar-refractivity contribution in [1.29, 1.82) is 0 Å². The Morgan fingerprint density at radius 1 is 1.12 bits per heavy atom. The highest BCUT2D eigenvalue weighted by Crippen LogP contribution is 2.32. The van der Waals surface area contributed by atoms with Crippen LogP contribution in [0.2, 0.25) is 0 Å². The fraction of sp³-hybridized carbons (Fsp3) is 0.500. The molecule has 1 fully saturated rings. The van der Waals surface area contributed by atoms with E-state index in [-0.39, 0.29) is 23.1 Å². The molecule has 10 heteroatoms. The van der Waals surface area contributed by atoms with Gasteiger partial charge in [0.15, 0.2) is 0 Å². The van der Waals surface area contributed by atoms with Crippen molar-refractivity contribution in [2.45, 2.75) is 65.7 Å². The van der Waals surface area contributed by atoms with Crippen LogP contribution in [-0.2, 0) is 5.41 Å². The number of anilines is 1. The van der Waals surface area contributed by atoms with Crippen LogP contribution in [0.25, 0.3) is 0 Å². The Kier molecular flexibility index (Phi) is 6.53. The molecule has 0 saturated carbocycles. The Hall–Kier alpha value is -3.14. The van der Waals surface area contributed by atoms with Gasteiger partial charge >= 0.3 is 0 Å². The Balaban J connectivity index is 1.49. The summed E-state index contributed by atoms with van der Waals surface area (Å²) in [7, 11) is 0. The lowest BCUT2D eigenvalue weighted by Gasteiger charge is -2.32. The molecule has 2 amide bonds. The summed E-state index contributed by atoms with van der Waals surface area (Å²) in [4.78, 5) is 32.7. The van der Waals surface area contributed by atoms with Crippen molar-refractivity contribution in [2.24, 2.45) is 0 Å². The van der Waals surface area contributed by atoms with Gasteiger partial charge in [-0.15, -0.1) is 10.2 Å². The number of piperidine rings is 1. The maximum atomic E-state index is 13.2. The molecule has 0 spiro atoms. The van der Waals surface area contributed by atoms with Crippen molar-refractivity contribution in [1.82, 2.24) is 25.2 Å². The summed E-state index contributed by atoms with van der Waals surface area (Å²) < 4.78 is 5.16. The van der Waals surface area contributed by atoms with E-state index in [1.807, 2.05) is 24.0 Å². The molecule has 0 unspecified atom stereocenters. The Bertz CT molecular complexity index is 1200. The highest BCUT2D eigenvalue weighted by molar-refractivity contribution is 7.15.